The molecule has 4 nitrogen and oxygen atoms in total. The lowest BCUT2D eigenvalue weighted by Gasteiger charge is -2.42. The summed E-state index contributed by atoms with van der Waals surface area (Å²) in [4.78, 5) is 26.0. The zero-order chi connectivity index (χ0) is 18.6. The van der Waals surface area contributed by atoms with E-state index in [0.29, 0.717) is 24.0 Å². The Morgan fingerprint density at radius 3 is 2.40 bits per heavy atom. The maximum Gasteiger partial charge on any atom is 0.327 e. The normalized spacial score (nSPS) is 26.7. The highest BCUT2D eigenvalue weighted by Crippen LogP contribution is 2.50. The lowest BCUT2D eigenvalue weighted by atomic mass is 9.87. The van der Waals surface area contributed by atoms with Gasteiger partial charge in [-0.3, -0.25) is 4.79 Å². The predicted molar refractivity (Wildman–Crippen MR) is 104 cm³/mol. The lowest BCUT2D eigenvalue weighted by molar-refractivity contribution is -0.152. The van der Waals surface area contributed by atoms with Crippen LogP contribution < -0.4 is 0 Å². The zero-order valence-corrected chi connectivity index (χ0v) is 16.9. The summed E-state index contributed by atoms with van der Waals surface area (Å²) in [6, 6.07) is -0.661. The first-order valence-electron chi connectivity index (χ1n) is 9.62. The molecule has 2 aliphatic rings. The smallest absolute Gasteiger partial charge is 0.327 e. The molecule has 0 unspecified atom stereocenters. The van der Waals surface area contributed by atoms with E-state index in [0.717, 1.165) is 38.5 Å². The summed E-state index contributed by atoms with van der Waals surface area (Å²) in [5.74, 6) is 0.808. The fraction of sp³-hybridized carbons (Fsp3) is 0.800. The maximum absolute atomic E-state index is 12.9. The summed E-state index contributed by atoms with van der Waals surface area (Å²) in [6.07, 6.45) is 8.49. The van der Waals surface area contributed by atoms with Crippen LogP contribution in [0.4, 0.5) is 0 Å². The fourth-order valence-electron chi connectivity index (χ4n) is 3.73. The van der Waals surface area contributed by atoms with E-state index in [1.807, 2.05) is 0 Å². The third-order valence-electron chi connectivity index (χ3n) is 5.30. The van der Waals surface area contributed by atoms with Crippen LogP contribution in [0.1, 0.15) is 72.6 Å². The van der Waals surface area contributed by atoms with Crippen molar-refractivity contribution in [2.24, 2.45) is 11.8 Å². The van der Waals surface area contributed by atoms with E-state index in [-0.39, 0.29) is 10.8 Å². The number of carbonyl (C=O) groups excluding carboxylic acids is 1. The Hall–Kier alpha value is -0.970. The average molecular weight is 368 g/mol. The summed E-state index contributed by atoms with van der Waals surface area (Å²) < 4.78 is 0. The van der Waals surface area contributed by atoms with Crippen LogP contribution in [-0.4, -0.2) is 38.5 Å². The first-order chi connectivity index (χ1) is 11.7. The number of carbonyl (C=O) groups is 2. The van der Waals surface area contributed by atoms with E-state index >= 15 is 0 Å². The van der Waals surface area contributed by atoms with Crippen LogP contribution in [0.5, 0.6) is 0 Å². The molecule has 5 heteroatoms. The van der Waals surface area contributed by atoms with E-state index in [9.17, 15) is 14.7 Å². The zero-order valence-electron chi connectivity index (χ0n) is 16.1. The molecule has 0 aromatic rings. The number of carboxylic acids is 1. The number of nitrogens with zero attached hydrogens (tertiary/aromatic N) is 1. The van der Waals surface area contributed by atoms with Gasteiger partial charge in [-0.25, -0.2) is 4.79 Å². The monoisotopic (exact) mass is 367 g/mol. The second-order valence-corrected chi connectivity index (χ2v) is 9.68. The SMILES string of the molecule is CC(C)CC=C1CCC2(CC1)SC[C@H](C(=O)O)N2C(=O)CCC(C)C. The quantitative estimate of drug-likeness (QED) is 0.692. The molecule has 142 valence electrons. The van der Waals surface area contributed by atoms with Gasteiger partial charge in [0.05, 0.1) is 4.87 Å². The summed E-state index contributed by atoms with van der Waals surface area (Å²) in [7, 11) is 0. The Morgan fingerprint density at radius 1 is 1.24 bits per heavy atom. The fourth-order valence-corrected chi connectivity index (χ4v) is 5.35. The van der Waals surface area contributed by atoms with Crippen LogP contribution in [0.3, 0.4) is 0 Å². The molecule has 0 aromatic carbocycles. The minimum Gasteiger partial charge on any atom is -0.480 e. The highest BCUT2D eigenvalue weighted by Gasteiger charge is 2.52. The molecule has 0 radical (unpaired) electrons. The molecule has 1 N–H and O–H groups in total. The van der Waals surface area contributed by atoms with Gasteiger partial charge in [0.25, 0.3) is 0 Å². The Morgan fingerprint density at radius 2 is 1.88 bits per heavy atom. The molecule has 1 saturated carbocycles. The molecule has 1 atom stereocenters. The van der Waals surface area contributed by atoms with Crippen LogP contribution in [0.25, 0.3) is 0 Å². The van der Waals surface area contributed by atoms with Crippen LogP contribution in [-0.2, 0) is 9.59 Å². The van der Waals surface area contributed by atoms with Gasteiger partial charge in [0.1, 0.15) is 6.04 Å². The van der Waals surface area contributed by atoms with Crippen molar-refractivity contribution in [1.29, 1.82) is 0 Å². The Balaban J connectivity index is 2.11. The molecule has 1 aliphatic carbocycles. The molecular formula is C20H33NO3S. The Bertz CT molecular complexity index is 517. The van der Waals surface area contributed by atoms with Gasteiger partial charge < -0.3 is 10.0 Å². The molecule has 2 fully saturated rings. The van der Waals surface area contributed by atoms with Gasteiger partial charge in [-0.05, 0) is 50.4 Å². The molecular weight excluding hydrogens is 334 g/mol. The molecule has 25 heavy (non-hydrogen) atoms. The molecule has 1 heterocycles. The highest BCUT2D eigenvalue weighted by atomic mass is 32.2. The number of hydrogen-bond donors (Lipinski definition) is 1. The van der Waals surface area contributed by atoms with Gasteiger partial charge in [0, 0.05) is 12.2 Å². The molecule has 0 bridgehead atoms. The van der Waals surface area contributed by atoms with Crippen molar-refractivity contribution in [3.63, 3.8) is 0 Å². The standard InChI is InChI=1S/C20H33NO3S/c1-14(2)5-7-16-9-11-20(12-10-16)21(17(13-25-20)19(23)24)18(22)8-6-15(3)4/h7,14-15,17H,5-6,8-13H2,1-4H3,(H,23,24)/t17-,20?/m1/s1. The Labute approximate surface area is 156 Å². The molecule has 2 rings (SSSR count). The van der Waals surface area contributed by atoms with Gasteiger partial charge in [-0.1, -0.05) is 39.3 Å². The van der Waals surface area contributed by atoms with Gasteiger partial charge in [0.2, 0.25) is 5.91 Å². The molecule has 0 aromatic heterocycles. The third-order valence-corrected chi connectivity index (χ3v) is 6.93. The van der Waals surface area contributed by atoms with Gasteiger partial charge >= 0.3 is 5.97 Å². The van der Waals surface area contributed by atoms with Crippen LogP contribution in [0.2, 0.25) is 0 Å². The number of thioether (sulfide) groups is 1. The average Bonchev–Trinajstić information content (AvgIpc) is 2.91. The number of hydrogen-bond acceptors (Lipinski definition) is 3. The molecule has 1 amide bonds. The van der Waals surface area contributed by atoms with Gasteiger partial charge in [0.15, 0.2) is 0 Å². The summed E-state index contributed by atoms with van der Waals surface area (Å²) in [5, 5.41) is 9.60. The van der Waals surface area contributed by atoms with Gasteiger partial charge in [-0.2, -0.15) is 0 Å². The Kier molecular flexibility index (Phi) is 7.01. The molecule has 1 saturated heterocycles. The van der Waals surface area contributed by atoms with Crippen molar-refractivity contribution in [3.8, 4) is 0 Å². The predicted octanol–water partition coefficient (Wildman–Crippen LogP) is 4.69. The van der Waals surface area contributed by atoms with Crippen molar-refractivity contribution < 1.29 is 14.7 Å². The van der Waals surface area contributed by atoms with Crippen LogP contribution in [0, 0.1) is 11.8 Å². The second kappa shape index (κ2) is 8.61. The van der Waals surface area contributed by atoms with Crippen molar-refractivity contribution in [3.05, 3.63) is 11.6 Å². The first-order valence-corrected chi connectivity index (χ1v) is 10.6. The highest BCUT2D eigenvalue weighted by molar-refractivity contribution is 8.01. The number of amides is 1. The van der Waals surface area contributed by atoms with Crippen molar-refractivity contribution in [2.75, 3.05) is 5.75 Å². The maximum atomic E-state index is 12.9. The largest absolute Gasteiger partial charge is 0.480 e. The van der Waals surface area contributed by atoms with E-state index in [2.05, 4.69) is 33.8 Å². The minimum atomic E-state index is -0.858. The first kappa shape index (κ1) is 20.3. The topological polar surface area (TPSA) is 57.6 Å². The minimum absolute atomic E-state index is 0.0284. The number of aliphatic carboxylic acids is 1. The molecule has 1 aliphatic heterocycles. The van der Waals surface area contributed by atoms with Crippen molar-refractivity contribution >= 4 is 23.6 Å². The number of carboxylic acid groups (broad SMARTS) is 1. The summed E-state index contributed by atoms with van der Waals surface area (Å²) >= 11 is 1.70. The van der Waals surface area contributed by atoms with Crippen LogP contribution in [0.15, 0.2) is 11.6 Å². The number of rotatable bonds is 6. The second-order valence-electron chi connectivity index (χ2n) is 8.30. The summed E-state index contributed by atoms with van der Waals surface area (Å²) in [6.45, 7) is 8.65. The van der Waals surface area contributed by atoms with E-state index in [1.165, 1.54) is 5.57 Å². The van der Waals surface area contributed by atoms with Crippen LogP contribution >= 0.6 is 11.8 Å². The third kappa shape index (κ3) is 5.02. The van der Waals surface area contributed by atoms with E-state index in [1.54, 1.807) is 16.7 Å². The summed E-state index contributed by atoms with van der Waals surface area (Å²) in [5.41, 5.74) is 1.48. The number of allylic oxidation sites excluding steroid dienone is 2. The molecule has 1 spiro atoms. The van der Waals surface area contributed by atoms with E-state index in [4.69, 9.17) is 0 Å². The van der Waals surface area contributed by atoms with Crippen molar-refractivity contribution in [2.45, 2.75) is 83.6 Å². The lowest BCUT2D eigenvalue weighted by Crippen LogP contribution is -2.53. The van der Waals surface area contributed by atoms with Crippen molar-refractivity contribution in [1.82, 2.24) is 4.90 Å². The van der Waals surface area contributed by atoms with E-state index < -0.39 is 12.0 Å². The van der Waals surface area contributed by atoms with Gasteiger partial charge in [-0.15, -0.1) is 11.8 Å².